The van der Waals surface area contributed by atoms with Gasteiger partial charge in [0.25, 0.3) is 5.91 Å². The summed E-state index contributed by atoms with van der Waals surface area (Å²) in [6.07, 6.45) is 0.724. The molecule has 2 aromatic carbocycles. The lowest BCUT2D eigenvalue weighted by Gasteiger charge is -2.17. The number of hydrogen-bond donors (Lipinski definition) is 2. The number of nitrogens with one attached hydrogen (secondary N) is 1. The van der Waals surface area contributed by atoms with Crippen LogP contribution in [0.5, 0.6) is 5.75 Å². The number of phenolic OH excluding ortho intramolecular Hbond substituents is 1. The van der Waals surface area contributed by atoms with Crippen molar-refractivity contribution in [3.63, 3.8) is 0 Å². The Morgan fingerprint density at radius 2 is 1.72 bits per heavy atom. The van der Waals surface area contributed by atoms with Crippen molar-refractivity contribution in [1.29, 1.82) is 0 Å². The van der Waals surface area contributed by atoms with Crippen LogP contribution in [-0.4, -0.2) is 23.6 Å². The van der Waals surface area contributed by atoms with Gasteiger partial charge in [-0.2, -0.15) is 0 Å². The Morgan fingerprint density at radius 3 is 2.32 bits per heavy atom. The van der Waals surface area contributed by atoms with Gasteiger partial charge in [-0.3, -0.25) is 4.79 Å². The summed E-state index contributed by atoms with van der Waals surface area (Å²) in [5.41, 5.74) is 3.03. The van der Waals surface area contributed by atoms with E-state index in [0.717, 1.165) is 23.1 Å². The molecule has 1 amide bonds. The molecule has 0 aliphatic heterocycles. The fourth-order valence-corrected chi connectivity index (χ4v) is 2.48. The Labute approximate surface area is 147 Å². The third kappa shape index (κ3) is 5.08. The highest BCUT2D eigenvalue weighted by Crippen LogP contribution is 2.20. The molecule has 0 aliphatic rings. The quantitative estimate of drug-likeness (QED) is 0.789. The van der Waals surface area contributed by atoms with Crippen molar-refractivity contribution >= 4 is 11.9 Å². The topological polar surface area (TPSA) is 75.6 Å². The molecule has 0 unspecified atom stereocenters. The van der Waals surface area contributed by atoms with Gasteiger partial charge in [-0.05, 0) is 43.5 Å². The lowest BCUT2D eigenvalue weighted by molar-refractivity contribution is -0.125. The molecule has 0 saturated heterocycles. The molecule has 2 N–H and O–H groups in total. The molecule has 0 saturated carbocycles. The molecule has 0 fully saturated rings. The van der Waals surface area contributed by atoms with Crippen LogP contribution in [0.4, 0.5) is 0 Å². The van der Waals surface area contributed by atoms with Crippen LogP contribution in [0.15, 0.2) is 42.5 Å². The van der Waals surface area contributed by atoms with Crippen LogP contribution in [0.1, 0.15) is 46.4 Å². The smallest absolute Gasteiger partial charge is 0.342 e. The van der Waals surface area contributed by atoms with E-state index in [4.69, 9.17) is 4.74 Å². The average molecular weight is 341 g/mol. The summed E-state index contributed by atoms with van der Waals surface area (Å²) < 4.78 is 5.00. The maximum atomic E-state index is 12.1. The van der Waals surface area contributed by atoms with Gasteiger partial charge in [0.05, 0.1) is 6.04 Å². The zero-order chi connectivity index (χ0) is 18.4. The van der Waals surface area contributed by atoms with Crippen molar-refractivity contribution in [1.82, 2.24) is 5.32 Å². The number of amides is 1. The van der Waals surface area contributed by atoms with E-state index in [9.17, 15) is 14.7 Å². The molecule has 0 aromatic heterocycles. The molecule has 5 nitrogen and oxygen atoms in total. The van der Waals surface area contributed by atoms with Crippen molar-refractivity contribution in [2.24, 2.45) is 0 Å². The molecule has 132 valence electrons. The van der Waals surface area contributed by atoms with Gasteiger partial charge in [-0.25, -0.2) is 4.79 Å². The molecule has 25 heavy (non-hydrogen) atoms. The largest absolute Gasteiger partial charge is 0.507 e. The third-order valence-electron chi connectivity index (χ3n) is 3.93. The van der Waals surface area contributed by atoms with Crippen LogP contribution < -0.4 is 5.32 Å². The summed E-state index contributed by atoms with van der Waals surface area (Å²) in [5, 5.41) is 12.6. The Bertz CT molecular complexity index is 753. The fourth-order valence-electron chi connectivity index (χ4n) is 2.48. The Hall–Kier alpha value is -2.82. The third-order valence-corrected chi connectivity index (χ3v) is 3.93. The molecule has 5 heteroatoms. The highest BCUT2D eigenvalue weighted by atomic mass is 16.5. The zero-order valence-electron chi connectivity index (χ0n) is 14.7. The van der Waals surface area contributed by atoms with Crippen LogP contribution in [-0.2, 0) is 9.53 Å². The SMILES string of the molecule is CC[C@@H](NC(=O)COC(=O)c1ccc(C)cc1O)c1ccc(C)cc1. The van der Waals surface area contributed by atoms with E-state index < -0.39 is 12.6 Å². The van der Waals surface area contributed by atoms with Gasteiger partial charge in [-0.1, -0.05) is 42.8 Å². The first-order valence-electron chi connectivity index (χ1n) is 8.23. The van der Waals surface area contributed by atoms with E-state index in [2.05, 4.69) is 5.32 Å². The number of rotatable bonds is 6. The van der Waals surface area contributed by atoms with E-state index in [0.29, 0.717) is 0 Å². The number of aryl methyl sites for hydroxylation is 2. The zero-order valence-corrected chi connectivity index (χ0v) is 14.7. The summed E-state index contributed by atoms with van der Waals surface area (Å²) >= 11 is 0. The molecule has 0 aliphatic carbocycles. The van der Waals surface area contributed by atoms with Crippen molar-refractivity contribution in [2.45, 2.75) is 33.2 Å². The molecule has 0 spiro atoms. The van der Waals surface area contributed by atoms with Gasteiger partial charge in [0.2, 0.25) is 0 Å². The summed E-state index contributed by atoms with van der Waals surface area (Å²) in [6.45, 7) is 5.39. The second-order valence-electron chi connectivity index (χ2n) is 6.04. The normalized spacial score (nSPS) is 11.6. The van der Waals surface area contributed by atoms with E-state index >= 15 is 0 Å². The molecule has 2 rings (SSSR count). The number of ether oxygens (including phenoxy) is 1. The second kappa shape index (κ2) is 8.33. The van der Waals surface area contributed by atoms with Crippen molar-refractivity contribution in [3.8, 4) is 5.75 Å². The monoisotopic (exact) mass is 341 g/mol. The van der Waals surface area contributed by atoms with Crippen molar-refractivity contribution in [2.75, 3.05) is 6.61 Å². The minimum atomic E-state index is -0.726. The van der Waals surface area contributed by atoms with Crippen molar-refractivity contribution < 1.29 is 19.4 Å². The number of phenols is 1. The molecule has 2 aromatic rings. The predicted octanol–water partition coefficient (Wildman–Crippen LogP) is 3.43. The Morgan fingerprint density at radius 1 is 1.08 bits per heavy atom. The van der Waals surface area contributed by atoms with Gasteiger partial charge >= 0.3 is 5.97 Å². The van der Waals surface area contributed by atoms with Gasteiger partial charge in [0, 0.05) is 0 Å². The standard InChI is InChI=1S/C20H23NO4/c1-4-17(15-8-5-13(2)6-9-15)21-19(23)12-25-20(24)16-10-7-14(3)11-18(16)22/h5-11,17,22H,4,12H2,1-3H3,(H,21,23)/t17-/m1/s1. The van der Waals surface area contributed by atoms with Gasteiger partial charge < -0.3 is 15.2 Å². The summed E-state index contributed by atoms with van der Waals surface area (Å²) in [5.74, 6) is -1.26. The number of esters is 1. The van der Waals surface area contributed by atoms with Crippen LogP contribution >= 0.6 is 0 Å². The summed E-state index contributed by atoms with van der Waals surface area (Å²) in [6, 6.07) is 12.4. The van der Waals surface area contributed by atoms with Crippen LogP contribution in [0, 0.1) is 13.8 Å². The summed E-state index contributed by atoms with van der Waals surface area (Å²) in [4.78, 5) is 24.1. The first-order valence-corrected chi connectivity index (χ1v) is 8.23. The van der Waals surface area contributed by atoms with Gasteiger partial charge in [0.1, 0.15) is 11.3 Å². The Balaban J connectivity index is 1.92. The maximum Gasteiger partial charge on any atom is 0.342 e. The highest BCUT2D eigenvalue weighted by Gasteiger charge is 2.17. The van der Waals surface area contributed by atoms with Crippen LogP contribution in [0.3, 0.4) is 0 Å². The minimum absolute atomic E-state index is 0.0453. The van der Waals surface area contributed by atoms with E-state index in [1.165, 1.54) is 12.1 Å². The lowest BCUT2D eigenvalue weighted by atomic mass is 10.0. The van der Waals surface area contributed by atoms with Gasteiger partial charge in [-0.15, -0.1) is 0 Å². The summed E-state index contributed by atoms with van der Waals surface area (Å²) in [7, 11) is 0. The first-order chi connectivity index (χ1) is 11.9. The van der Waals surface area contributed by atoms with Gasteiger partial charge in [0.15, 0.2) is 6.61 Å². The van der Waals surface area contributed by atoms with E-state index in [1.807, 2.05) is 38.1 Å². The first kappa shape index (κ1) is 18.5. The van der Waals surface area contributed by atoms with Crippen LogP contribution in [0.25, 0.3) is 0 Å². The molecule has 0 heterocycles. The average Bonchev–Trinajstić information content (AvgIpc) is 2.58. The fraction of sp³-hybridized carbons (Fsp3) is 0.300. The lowest BCUT2D eigenvalue weighted by Crippen LogP contribution is -2.32. The number of hydrogen-bond acceptors (Lipinski definition) is 4. The predicted molar refractivity (Wildman–Crippen MR) is 95.5 cm³/mol. The highest BCUT2D eigenvalue weighted by molar-refractivity contribution is 5.94. The number of aromatic hydroxyl groups is 1. The number of benzene rings is 2. The van der Waals surface area contributed by atoms with E-state index in [1.54, 1.807) is 13.0 Å². The number of carbonyl (C=O) groups is 2. The molecule has 0 bridgehead atoms. The van der Waals surface area contributed by atoms with E-state index in [-0.39, 0.29) is 23.3 Å². The maximum absolute atomic E-state index is 12.1. The number of carbonyl (C=O) groups excluding carboxylic acids is 2. The molecule has 0 radical (unpaired) electrons. The Kier molecular flexibility index (Phi) is 6.17. The molecule has 1 atom stereocenters. The van der Waals surface area contributed by atoms with Crippen LogP contribution in [0.2, 0.25) is 0 Å². The second-order valence-corrected chi connectivity index (χ2v) is 6.04. The molecular weight excluding hydrogens is 318 g/mol. The minimum Gasteiger partial charge on any atom is -0.507 e. The van der Waals surface area contributed by atoms with Crippen molar-refractivity contribution in [3.05, 3.63) is 64.7 Å². The molecular formula is C20H23NO4.